The zero-order valence-corrected chi connectivity index (χ0v) is 17.3. The van der Waals surface area contributed by atoms with Crippen molar-refractivity contribution in [1.29, 1.82) is 0 Å². The molecule has 0 radical (unpaired) electrons. The fourth-order valence-corrected chi connectivity index (χ4v) is 5.33. The third-order valence-electron chi connectivity index (χ3n) is 5.06. The van der Waals surface area contributed by atoms with Crippen molar-refractivity contribution in [2.45, 2.75) is 12.5 Å². The number of benzene rings is 2. The molecule has 30 heavy (non-hydrogen) atoms. The van der Waals surface area contributed by atoms with Gasteiger partial charge in [-0.1, -0.05) is 30.3 Å². The molecule has 156 valence electrons. The van der Waals surface area contributed by atoms with E-state index in [-0.39, 0.29) is 30.0 Å². The number of carbonyl (C=O) groups is 1. The molecular weight excluding hydrogens is 404 g/mol. The molecule has 1 aliphatic rings. The van der Waals surface area contributed by atoms with Gasteiger partial charge in [-0.3, -0.25) is 4.79 Å². The Morgan fingerprint density at radius 3 is 2.67 bits per heavy atom. The van der Waals surface area contributed by atoms with E-state index in [1.165, 1.54) is 0 Å². The highest BCUT2D eigenvalue weighted by Gasteiger charge is 2.35. The van der Waals surface area contributed by atoms with Gasteiger partial charge in [0.2, 0.25) is 5.91 Å². The van der Waals surface area contributed by atoms with Crippen LogP contribution in [0.5, 0.6) is 0 Å². The minimum atomic E-state index is -3.12. The van der Waals surface area contributed by atoms with E-state index in [1.807, 2.05) is 54.6 Å². The van der Waals surface area contributed by atoms with E-state index in [0.717, 1.165) is 11.3 Å². The number of para-hydroxylation sites is 1. The normalized spacial score (nSPS) is 17.6. The molecule has 0 aliphatic carbocycles. The van der Waals surface area contributed by atoms with Gasteiger partial charge in [-0.25, -0.2) is 13.1 Å². The fourth-order valence-electron chi connectivity index (χ4n) is 3.63. The molecule has 9 nitrogen and oxygen atoms in total. The lowest BCUT2D eigenvalue weighted by Gasteiger charge is -2.28. The first kappa shape index (κ1) is 20.0. The van der Waals surface area contributed by atoms with Crippen molar-refractivity contribution in [1.82, 2.24) is 20.2 Å². The number of carbonyl (C=O) groups excluding carboxylic acids is 1. The van der Waals surface area contributed by atoms with Crippen molar-refractivity contribution in [3.05, 3.63) is 54.6 Å². The van der Waals surface area contributed by atoms with Gasteiger partial charge in [0.25, 0.3) is 0 Å². The summed E-state index contributed by atoms with van der Waals surface area (Å²) in [5.74, 6) is 0.527. The van der Waals surface area contributed by atoms with E-state index in [0.29, 0.717) is 17.9 Å². The number of aromatic nitrogens is 4. The summed E-state index contributed by atoms with van der Waals surface area (Å²) < 4.78 is 25.5. The van der Waals surface area contributed by atoms with Crippen LogP contribution in [-0.2, 0) is 21.7 Å². The molecule has 1 saturated heterocycles. The lowest BCUT2D eigenvalue weighted by molar-refractivity contribution is -0.117. The van der Waals surface area contributed by atoms with Gasteiger partial charge in [-0.2, -0.15) is 0 Å². The molecule has 0 saturated carbocycles. The third-order valence-corrected chi connectivity index (χ3v) is 6.81. The van der Waals surface area contributed by atoms with Crippen molar-refractivity contribution in [2.24, 2.45) is 7.05 Å². The predicted octanol–water partition coefficient (Wildman–Crippen LogP) is 1.51. The van der Waals surface area contributed by atoms with Crippen molar-refractivity contribution < 1.29 is 13.2 Å². The maximum absolute atomic E-state index is 13.1. The minimum Gasteiger partial charge on any atom is -0.376 e. The zero-order chi connectivity index (χ0) is 21.1. The maximum atomic E-state index is 13.1. The lowest BCUT2D eigenvalue weighted by Crippen LogP contribution is -2.44. The Balaban J connectivity index is 1.52. The second-order valence-corrected chi connectivity index (χ2v) is 9.45. The van der Waals surface area contributed by atoms with Crippen LogP contribution in [0.25, 0.3) is 11.4 Å². The first-order valence-corrected chi connectivity index (χ1v) is 11.4. The Bertz CT molecular complexity index is 1150. The molecule has 1 aliphatic heterocycles. The first-order chi connectivity index (χ1) is 14.4. The van der Waals surface area contributed by atoms with Crippen LogP contribution in [0.1, 0.15) is 6.42 Å². The summed E-state index contributed by atoms with van der Waals surface area (Å²) in [7, 11) is -1.36. The lowest BCUT2D eigenvalue weighted by atomic mass is 10.1. The first-order valence-electron chi connectivity index (χ1n) is 9.57. The van der Waals surface area contributed by atoms with Crippen LogP contribution >= 0.6 is 0 Å². The summed E-state index contributed by atoms with van der Waals surface area (Å²) in [5.41, 5.74) is 2.27. The molecule has 1 amide bonds. The molecule has 10 heteroatoms. The molecule has 1 N–H and O–H groups in total. The van der Waals surface area contributed by atoms with E-state index in [2.05, 4.69) is 20.8 Å². The summed E-state index contributed by atoms with van der Waals surface area (Å²) in [4.78, 5) is 14.7. The van der Waals surface area contributed by atoms with E-state index >= 15 is 0 Å². The molecule has 4 rings (SSSR count). The van der Waals surface area contributed by atoms with Crippen LogP contribution < -0.4 is 10.2 Å². The molecule has 3 aromatic rings. The van der Waals surface area contributed by atoms with Gasteiger partial charge in [0.05, 0.1) is 24.1 Å². The number of hydrogen-bond donors (Lipinski definition) is 1. The summed E-state index contributed by atoms with van der Waals surface area (Å²) in [6.45, 7) is 0.0337. The monoisotopic (exact) mass is 426 g/mol. The number of sulfone groups is 1. The summed E-state index contributed by atoms with van der Waals surface area (Å²) >= 11 is 0. The number of rotatable bonds is 6. The standard InChI is InChI=1S/C20H22N6O3S/c1-25-20(22-23-24-25)15-6-5-7-16(12-15)21-13-19(27)26(17-8-3-2-4-9-17)18-10-11-30(28,29)14-18/h2-9,12,18,21H,10-11,13-14H2,1H3. The Hall–Kier alpha value is -3.27. The number of tetrazole rings is 1. The van der Waals surface area contributed by atoms with Crippen LogP contribution in [0.3, 0.4) is 0 Å². The highest BCUT2D eigenvalue weighted by Crippen LogP contribution is 2.25. The van der Waals surface area contributed by atoms with E-state index in [4.69, 9.17) is 0 Å². The highest BCUT2D eigenvalue weighted by atomic mass is 32.2. The van der Waals surface area contributed by atoms with Gasteiger partial charge in [-0.05, 0) is 41.1 Å². The molecule has 0 bridgehead atoms. The molecule has 0 spiro atoms. The second kappa shape index (κ2) is 8.23. The van der Waals surface area contributed by atoms with Crippen molar-refractivity contribution in [3.63, 3.8) is 0 Å². The number of anilines is 2. The summed E-state index contributed by atoms with van der Waals surface area (Å²) in [5, 5.41) is 14.6. The summed E-state index contributed by atoms with van der Waals surface area (Å²) in [6.07, 6.45) is 0.442. The van der Waals surface area contributed by atoms with Gasteiger partial charge in [-0.15, -0.1) is 5.10 Å². The van der Waals surface area contributed by atoms with E-state index < -0.39 is 9.84 Å². The molecule has 1 atom stereocenters. The third kappa shape index (κ3) is 4.33. The number of hydrogen-bond acceptors (Lipinski definition) is 7. The quantitative estimate of drug-likeness (QED) is 0.636. The predicted molar refractivity (Wildman–Crippen MR) is 114 cm³/mol. The molecule has 1 unspecified atom stereocenters. The van der Waals surface area contributed by atoms with E-state index in [9.17, 15) is 13.2 Å². The topological polar surface area (TPSA) is 110 Å². The van der Waals surface area contributed by atoms with Crippen LogP contribution in [0.4, 0.5) is 11.4 Å². The molecule has 1 aromatic heterocycles. The average Bonchev–Trinajstić information content (AvgIpc) is 3.32. The van der Waals surface area contributed by atoms with Gasteiger partial charge in [0.1, 0.15) is 0 Å². The fraction of sp³-hybridized carbons (Fsp3) is 0.300. The van der Waals surface area contributed by atoms with Crippen molar-refractivity contribution >= 4 is 27.1 Å². The number of nitrogens with one attached hydrogen (secondary N) is 1. The van der Waals surface area contributed by atoms with E-state index in [1.54, 1.807) is 16.6 Å². The van der Waals surface area contributed by atoms with Crippen LogP contribution in [0.2, 0.25) is 0 Å². The molecule has 2 aromatic carbocycles. The largest absolute Gasteiger partial charge is 0.376 e. The highest BCUT2D eigenvalue weighted by molar-refractivity contribution is 7.91. The van der Waals surface area contributed by atoms with Gasteiger partial charge < -0.3 is 10.2 Å². The van der Waals surface area contributed by atoms with Crippen LogP contribution in [-0.4, -0.2) is 58.6 Å². The number of aryl methyl sites for hydroxylation is 1. The van der Waals surface area contributed by atoms with Crippen LogP contribution in [0.15, 0.2) is 54.6 Å². The Morgan fingerprint density at radius 1 is 1.20 bits per heavy atom. The zero-order valence-electron chi connectivity index (χ0n) is 16.5. The number of amides is 1. The average molecular weight is 427 g/mol. The number of nitrogens with zero attached hydrogens (tertiary/aromatic N) is 5. The van der Waals surface area contributed by atoms with Crippen molar-refractivity contribution in [3.8, 4) is 11.4 Å². The Kier molecular flexibility index (Phi) is 5.49. The molecule has 1 fully saturated rings. The Morgan fingerprint density at radius 2 is 2.00 bits per heavy atom. The van der Waals surface area contributed by atoms with Crippen LogP contribution in [0, 0.1) is 0 Å². The second-order valence-electron chi connectivity index (χ2n) is 7.22. The molecule has 2 heterocycles. The Labute approximate surface area is 174 Å². The minimum absolute atomic E-state index is 0.0116. The van der Waals surface area contributed by atoms with Crippen molar-refractivity contribution in [2.75, 3.05) is 28.3 Å². The summed E-state index contributed by atoms with van der Waals surface area (Å²) in [6, 6.07) is 16.3. The smallest absolute Gasteiger partial charge is 0.246 e. The van der Waals surface area contributed by atoms with Gasteiger partial charge in [0, 0.05) is 24.0 Å². The van der Waals surface area contributed by atoms with Gasteiger partial charge in [0.15, 0.2) is 15.7 Å². The SMILES string of the molecule is Cn1nnnc1-c1cccc(NCC(=O)N(c2ccccc2)C2CCS(=O)(=O)C2)c1. The molecular formula is C20H22N6O3S. The maximum Gasteiger partial charge on any atom is 0.246 e. The van der Waals surface area contributed by atoms with Gasteiger partial charge >= 0.3 is 0 Å².